The average molecular weight is 312 g/mol. The molecular weight excluding hydrogens is 301 g/mol. The molecule has 0 aliphatic rings. The fourth-order valence-electron chi connectivity index (χ4n) is 2.29. The Morgan fingerprint density at radius 3 is 2.77 bits per heavy atom. The van der Waals surface area contributed by atoms with Crippen molar-refractivity contribution in [2.45, 2.75) is 6.92 Å². The molecule has 0 fully saturated rings. The van der Waals surface area contributed by atoms with E-state index in [4.69, 9.17) is 11.6 Å². The van der Waals surface area contributed by atoms with E-state index in [0.29, 0.717) is 16.3 Å². The second kappa shape index (κ2) is 5.63. The van der Waals surface area contributed by atoms with E-state index in [-0.39, 0.29) is 5.82 Å². The van der Waals surface area contributed by atoms with Crippen LogP contribution in [0, 0.1) is 24.1 Å². The lowest BCUT2D eigenvalue weighted by Crippen LogP contribution is -1.98. The van der Waals surface area contributed by atoms with Gasteiger partial charge in [0, 0.05) is 22.3 Å². The second-order valence-corrected chi connectivity index (χ2v) is 5.34. The third-order valence-electron chi connectivity index (χ3n) is 3.40. The number of benzene rings is 2. The summed E-state index contributed by atoms with van der Waals surface area (Å²) in [7, 11) is 0. The van der Waals surface area contributed by atoms with Crippen molar-refractivity contribution >= 4 is 33.9 Å². The zero-order chi connectivity index (χ0) is 15.7. The Bertz CT molecular complexity index is 916. The molecule has 0 amide bonds. The molecule has 108 valence electrons. The molecule has 1 heterocycles. The number of hydrogen-bond donors (Lipinski definition) is 1. The molecule has 0 radical (unpaired) electrons. The molecule has 0 aliphatic carbocycles. The fourth-order valence-corrected chi connectivity index (χ4v) is 2.46. The molecule has 5 heteroatoms. The lowest BCUT2D eigenvalue weighted by Gasteiger charge is -2.13. The van der Waals surface area contributed by atoms with Gasteiger partial charge < -0.3 is 5.32 Å². The molecule has 1 aromatic heterocycles. The number of nitriles is 1. The number of rotatable bonds is 2. The first-order valence-electron chi connectivity index (χ1n) is 6.60. The van der Waals surface area contributed by atoms with Gasteiger partial charge in [-0.2, -0.15) is 5.26 Å². The Balaban J connectivity index is 2.20. The van der Waals surface area contributed by atoms with Crippen LogP contribution >= 0.6 is 11.6 Å². The number of nitrogens with zero attached hydrogens (tertiary/aromatic N) is 2. The molecule has 3 rings (SSSR count). The predicted octanol–water partition coefficient (Wildman–Crippen LogP) is 4.95. The lowest BCUT2D eigenvalue weighted by atomic mass is 10.1. The van der Waals surface area contributed by atoms with Crippen molar-refractivity contribution in [2.75, 3.05) is 5.32 Å². The minimum Gasteiger partial charge on any atom is -0.354 e. The maximum absolute atomic E-state index is 13.2. The van der Waals surface area contributed by atoms with Crippen LogP contribution in [-0.4, -0.2) is 4.98 Å². The summed E-state index contributed by atoms with van der Waals surface area (Å²) < 4.78 is 13.2. The van der Waals surface area contributed by atoms with Crippen molar-refractivity contribution in [2.24, 2.45) is 0 Å². The number of fused-ring (bicyclic) bond motifs is 1. The molecule has 0 atom stereocenters. The third kappa shape index (κ3) is 2.59. The summed E-state index contributed by atoms with van der Waals surface area (Å²) in [6.45, 7) is 1.80. The van der Waals surface area contributed by atoms with Crippen LogP contribution in [0.4, 0.5) is 15.8 Å². The van der Waals surface area contributed by atoms with Gasteiger partial charge in [0.25, 0.3) is 0 Å². The van der Waals surface area contributed by atoms with Crippen LogP contribution in [0.3, 0.4) is 0 Å². The van der Waals surface area contributed by atoms with Gasteiger partial charge in [0.1, 0.15) is 11.9 Å². The molecule has 3 nitrogen and oxygen atoms in total. The summed E-state index contributed by atoms with van der Waals surface area (Å²) in [6.07, 6.45) is 1.51. The zero-order valence-corrected chi connectivity index (χ0v) is 12.4. The number of pyridine rings is 1. The monoisotopic (exact) mass is 311 g/mol. The summed E-state index contributed by atoms with van der Waals surface area (Å²) in [6, 6.07) is 11.9. The highest BCUT2D eigenvalue weighted by Gasteiger charge is 2.11. The summed E-state index contributed by atoms with van der Waals surface area (Å²) in [4.78, 5) is 4.25. The standard InChI is InChI=1S/C17H11ClFN3/c1-10-6-13(19)3-5-15(10)22-17-11(8-20)9-21-16-4-2-12(18)7-14(16)17/h2-7,9H,1H3,(H,21,22). The first-order valence-corrected chi connectivity index (χ1v) is 6.98. The van der Waals surface area contributed by atoms with Crippen molar-refractivity contribution in [3.8, 4) is 6.07 Å². The predicted molar refractivity (Wildman–Crippen MR) is 85.9 cm³/mol. The molecule has 0 spiro atoms. The van der Waals surface area contributed by atoms with Gasteiger partial charge in [-0.05, 0) is 48.9 Å². The summed E-state index contributed by atoms with van der Waals surface area (Å²) in [5.41, 5.74) is 3.22. The van der Waals surface area contributed by atoms with Crippen LogP contribution < -0.4 is 5.32 Å². The van der Waals surface area contributed by atoms with Crippen LogP contribution in [0.15, 0.2) is 42.6 Å². The summed E-state index contributed by atoms with van der Waals surface area (Å²) >= 11 is 6.05. The van der Waals surface area contributed by atoms with Gasteiger partial charge in [0.05, 0.1) is 16.8 Å². The van der Waals surface area contributed by atoms with Crippen LogP contribution in [0.5, 0.6) is 0 Å². The van der Waals surface area contributed by atoms with Crippen molar-refractivity contribution < 1.29 is 4.39 Å². The van der Waals surface area contributed by atoms with E-state index in [1.54, 1.807) is 31.2 Å². The molecule has 22 heavy (non-hydrogen) atoms. The summed E-state index contributed by atoms with van der Waals surface area (Å²) in [5.74, 6) is -0.300. The van der Waals surface area contributed by atoms with Crippen molar-refractivity contribution in [1.82, 2.24) is 4.98 Å². The van der Waals surface area contributed by atoms with Gasteiger partial charge in [-0.15, -0.1) is 0 Å². The number of halogens is 2. The first kappa shape index (κ1) is 14.3. The maximum atomic E-state index is 13.2. The van der Waals surface area contributed by atoms with Crippen molar-refractivity contribution in [3.05, 3.63) is 64.6 Å². The molecule has 1 N–H and O–H groups in total. The van der Waals surface area contributed by atoms with Crippen LogP contribution in [-0.2, 0) is 0 Å². The van der Waals surface area contributed by atoms with Gasteiger partial charge >= 0.3 is 0 Å². The van der Waals surface area contributed by atoms with Crippen molar-refractivity contribution in [1.29, 1.82) is 5.26 Å². The van der Waals surface area contributed by atoms with E-state index in [1.807, 2.05) is 0 Å². The van der Waals surface area contributed by atoms with Gasteiger partial charge in [-0.25, -0.2) is 4.39 Å². The minimum absolute atomic E-state index is 0.300. The Morgan fingerprint density at radius 1 is 1.23 bits per heavy atom. The van der Waals surface area contributed by atoms with E-state index < -0.39 is 0 Å². The van der Waals surface area contributed by atoms with E-state index in [1.165, 1.54) is 18.3 Å². The quantitative estimate of drug-likeness (QED) is 0.728. The molecule has 0 saturated carbocycles. The minimum atomic E-state index is -0.300. The van der Waals surface area contributed by atoms with Crippen LogP contribution in [0.1, 0.15) is 11.1 Å². The molecular formula is C17H11ClFN3. The highest BCUT2D eigenvalue weighted by atomic mass is 35.5. The first-order chi connectivity index (χ1) is 10.6. The lowest BCUT2D eigenvalue weighted by molar-refractivity contribution is 0.627. The molecule has 0 unspecified atom stereocenters. The molecule has 0 aliphatic heterocycles. The normalized spacial score (nSPS) is 10.5. The third-order valence-corrected chi connectivity index (χ3v) is 3.63. The average Bonchev–Trinajstić information content (AvgIpc) is 2.50. The van der Waals surface area contributed by atoms with Gasteiger partial charge in [-0.1, -0.05) is 11.6 Å². The number of aryl methyl sites for hydroxylation is 1. The number of hydrogen-bond acceptors (Lipinski definition) is 3. The fraction of sp³-hybridized carbons (Fsp3) is 0.0588. The number of nitrogens with one attached hydrogen (secondary N) is 1. The van der Waals surface area contributed by atoms with E-state index in [2.05, 4.69) is 16.4 Å². The Morgan fingerprint density at radius 2 is 2.05 bits per heavy atom. The van der Waals surface area contributed by atoms with E-state index in [9.17, 15) is 9.65 Å². The maximum Gasteiger partial charge on any atom is 0.123 e. The Hall–Kier alpha value is -2.64. The highest BCUT2D eigenvalue weighted by Crippen LogP contribution is 2.31. The van der Waals surface area contributed by atoms with Crippen molar-refractivity contribution in [3.63, 3.8) is 0 Å². The second-order valence-electron chi connectivity index (χ2n) is 4.90. The smallest absolute Gasteiger partial charge is 0.123 e. The molecule has 0 bridgehead atoms. The number of aromatic nitrogens is 1. The van der Waals surface area contributed by atoms with Gasteiger partial charge in [0.2, 0.25) is 0 Å². The van der Waals surface area contributed by atoms with Crippen LogP contribution in [0.2, 0.25) is 5.02 Å². The van der Waals surface area contributed by atoms with Crippen LogP contribution in [0.25, 0.3) is 10.9 Å². The Kier molecular flexibility index (Phi) is 3.66. The largest absolute Gasteiger partial charge is 0.354 e. The molecule has 0 saturated heterocycles. The van der Waals surface area contributed by atoms with Gasteiger partial charge in [-0.3, -0.25) is 4.98 Å². The Labute approximate surface area is 132 Å². The van der Waals surface area contributed by atoms with E-state index in [0.717, 1.165) is 22.2 Å². The topological polar surface area (TPSA) is 48.7 Å². The van der Waals surface area contributed by atoms with Gasteiger partial charge in [0.15, 0.2) is 0 Å². The summed E-state index contributed by atoms with van der Waals surface area (Å²) in [5, 5.41) is 13.8. The zero-order valence-electron chi connectivity index (χ0n) is 11.7. The molecule has 3 aromatic rings. The SMILES string of the molecule is Cc1cc(F)ccc1Nc1c(C#N)cnc2ccc(Cl)cc12. The number of anilines is 2. The molecule has 2 aromatic carbocycles. The van der Waals surface area contributed by atoms with E-state index >= 15 is 0 Å². The highest BCUT2D eigenvalue weighted by molar-refractivity contribution is 6.31.